The fourth-order valence-corrected chi connectivity index (χ4v) is 2.36. The van der Waals surface area contributed by atoms with Crippen LogP contribution in [0, 0.1) is 5.92 Å². The topological polar surface area (TPSA) is 78.4 Å². The maximum Gasteiger partial charge on any atom is 0.326 e. The third-order valence-corrected chi connectivity index (χ3v) is 3.58. The van der Waals surface area contributed by atoms with E-state index >= 15 is 0 Å². The number of rotatable bonds is 7. The largest absolute Gasteiger partial charge is 0.480 e. The van der Waals surface area contributed by atoms with Gasteiger partial charge >= 0.3 is 12.0 Å². The standard InChI is InChI=1S/C11H20N2O3S/c1-3-8(6-17-2)12-11(16)13-9(10(14)15)7-4-5-7/h7-9H,3-6H2,1-2H3,(H,14,15)(H2,12,13,16). The first-order valence-electron chi connectivity index (χ1n) is 5.87. The lowest BCUT2D eigenvalue weighted by Crippen LogP contribution is -2.50. The summed E-state index contributed by atoms with van der Waals surface area (Å²) in [6.45, 7) is 2.00. The molecule has 5 nitrogen and oxygen atoms in total. The molecule has 0 heterocycles. The minimum absolute atomic E-state index is 0.0960. The maximum absolute atomic E-state index is 11.6. The van der Waals surface area contributed by atoms with Gasteiger partial charge in [0.25, 0.3) is 0 Å². The van der Waals surface area contributed by atoms with Gasteiger partial charge in [-0.1, -0.05) is 6.92 Å². The van der Waals surface area contributed by atoms with Gasteiger partial charge < -0.3 is 15.7 Å². The van der Waals surface area contributed by atoms with E-state index in [1.54, 1.807) is 11.8 Å². The summed E-state index contributed by atoms with van der Waals surface area (Å²) in [6.07, 6.45) is 4.60. The first-order chi connectivity index (χ1) is 8.08. The van der Waals surface area contributed by atoms with E-state index < -0.39 is 12.0 Å². The molecule has 0 bridgehead atoms. The fraction of sp³-hybridized carbons (Fsp3) is 0.818. The van der Waals surface area contributed by atoms with Crippen molar-refractivity contribution in [2.75, 3.05) is 12.0 Å². The molecule has 0 aromatic carbocycles. The van der Waals surface area contributed by atoms with Gasteiger partial charge in [-0.25, -0.2) is 9.59 Å². The molecule has 2 atom stereocenters. The molecule has 1 fully saturated rings. The summed E-state index contributed by atoms with van der Waals surface area (Å²) in [7, 11) is 0. The van der Waals surface area contributed by atoms with Gasteiger partial charge in [0.05, 0.1) is 0 Å². The van der Waals surface area contributed by atoms with Gasteiger partial charge in [0.2, 0.25) is 0 Å². The predicted molar refractivity (Wildman–Crippen MR) is 68.3 cm³/mol. The second kappa shape index (κ2) is 6.74. The molecule has 2 unspecified atom stereocenters. The average molecular weight is 260 g/mol. The molecule has 0 saturated heterocycles. The summed E-state index contributed by atoms with van der Waals surface area (Å²) in [5.41, 5.74) is 0. The molecule has 0 spiro atoms. The third-order valence-electron chi connectivity index (χ3n) is 2.84. The molecule has 0 radical (unpaired) electrons. The van der Waals surface area contributed by atoms with Gasteiger partial charge in [0.15, 0.2) is 0 Å². The van der Waals surface area contributed by atoms with Crippen molar-refractivity contribution < 1.29 is 14.7 Å². The Morgan fingerprint density at radius 3 is 2.47 bits per heavy atom. The van der Waals surface area contributed by atoms with Gasteiger partial charge in [0.1, 0.15) is 6.04 Å². The highest BCUT2D eigenvalue weighted by Gasteiger charge is 2.37. The van der Waals surface area contributed by atoms with Crippen LogP contribution in [0.1, 0.15) is 26.2 Å². The number of nitrogens with one attached hydrogen (secondary N) is 2. The molecule has 3 N–H and O–H groups in total. The number of urea groups is 1. The van der Waals surface area contributed by atoms with E-state index in [1.807, 2.05) is 13.2 Å². The summed E-state index contributed by atoms with van der Waals surface area (Å²) in [4.78, 5) is 22.6. The highest BCUT2D eigenvalue weighted by atomic mass is 32.2. The van der Waals surface area contributed by atoms with E-state index in [9.17, 15) is 9.59 Å². The van der Waals surface area contributed by atoms with Gasteiger partial charge in [-0.15, -0.1) is 0 Å². The molecule has 1 aliphatic carbocycles. The average Bonchev–Trinajstić information content (AvgIpc) is 3.08. The Balaban J connectivity index is 2.38. The number of aliphatic carboxylic acids is 1. The normalized spacial score (nSPS) is 18.2. The molecule has 17 heavy (non-hydrogen) atoms. The zero-order valence-electron chi connectivity index (χ0n) is 10.2. The van der Waals surface area contributed by atoms with Crippen molar-refractivity contribution in [2.24, 2.45) is 5.92 Å². The molecule has 6 heteroatoms. The molecular weight excluding hydrogens is 240 g/mol. The zero-order chi connectivity index (χ0) is 12.8. The Morgan fingerprint density at radius 1 is 1.41 bits per heavy atom. The van der Waals surface area contributed by atoms with Crippen LogP contribution in [0.4, 0.5) is 4.79 Å². The van der Waals surface area contributed by atoms with Gasteiger partial charge in [-0.3, -0.25) is 0 Å². The van der Waals surface area contributed by atoms with Crippen LogP contribution < -0.4 is 10.6 Å². The van der Waals surface area contributed by atoms with Crippen molar-refractivity contribution in [3.63, 3.8) is 0 Å². The number of hydrogen-bond donors (Lipinski definition) is 3. The van der Waals surface area contributed by atoms with E-state index in [0.717, 1.165) is 25.0 Å². The van der Waals surface area contributed by atoms with Crippen LogP contribution in [-0.2, 0) is 4.79 Å². The number of amides is 2. The summed E-state index contributed by atoms with van der Waals surface area (Å²) in [5.74, 6) is 0.00453. The lowest BCUT2D eigenvalue weighted by molar-refractivity contribution is -0.139. The van der Waals surface area contributed by atoms with Crippen molar-refractivity contribution in [1.82, 2.24) is 10.6 Å². The third kappa shape index (κ3) is 4.85. The van der Waals surface area contributed by atoms with Gasteiger partial charge in [0, 0.05) is 11.8 Å². The number of thioether (sulfide) groups is 1. The number of carbonyl (C=O) groups excluding carboxylic acids is 1. The Hall–Kier alpha value is -0.910. The Bertz CT molecular complexity index is 282. The van der Waals surface area contributed by atoms with E-state index in [1.165, 1.54) is 0 Å². The number of carbonyl (C=O) groups is 2. The molecule has 2 amide bonds. The lowest BCUT2D eigenvalue weighted by Gasteiger charge is -2.19. The Labute approximate surface area is 106 Å². The number of carboxylic acid groups (broad SMARTS) is 1. The second-order valence-electron chi connectivity index (χ2n) is 4.33. The molecule has 1 rings (SSSR count). The molecule has 0 aromatic rings. The van der Waals surface area contributed by atoms with Crippen LogP contribution in [0.2, 0.25) is 0 Å². The number of carboxylic acids is 1. The van der Waals surface area contributed by atoms with Crippen LogP contribution in [0.15, 0.2) is 0 Å². The molecule has 1 aliphatic rings. The van der Waals surface area contributed by atoms with E-state index in [4.69, 9.17) is 5.11 Å². The maximum atomic E-state index is 11.6. The van der Waals surface area contributed by atoms with E-state index in [2.05, 4.69) is 10.6 Å². The van der Waals surface area contributed by atoms with Gasteiger partial charge in [-0.05, 0) is 31.4 Å². The first-order valence-corrected chi connectivity index (χ1v) is 7.26. The summed E-state index contributed by atoms with van der Waals surface area (Å²) < 4.78 is 0. The molecule has 98 valence electrons. The predicted octanol–water partition coefficient (Wildman–Crippen LogP) is 1.29. The van der Waals surface area contributed by atoms with Crippen molar-refractivity contribution in [2.45, 2.75) is 38.3 Å². The highest BCUT2D eigenvalue weighted by molar-refractivity contribution is 7.98. The monoisotopic (exact) mass is 260 g/mol. The zero-order valence-corrected chi connectivity index (χ0v) is 11.0. The molecule has 1 saturated carbocycles. The summed E-state index contributed by atoms with van der Waals surface area (Å²) >= 11 is 1.66. The Kier molecular flexibility index (Phi) is 5.61. The first kappa shape index (κ1) is 14.2. The van der Waals surface area contributed by atoms with E-state index in [-0.39, 0.29) is 18.0 Å². The molecule has 0 aromatic heterocycles. The van der Waals surface area contributed by atoms with Crippen LogP contribution in [-0.4, -0.2) is 41.2 Å². The van der Waals surface area contributed by atoms with Crippen molar-refractivity contribution >= 4 is 23.8 Å². The van der Waals surface area contributed by atoms with Crippen LogP contribution in [0.3, 0.4) is 0 Å². The lowest BCUT2D eigenvalue weighted by atomic mass is 10.2. The summed E-state index contributed by atoms with van der Waals surface area (Å²) in [6, 6.07) is -1.01. The van der Waals surface area contributed by atoms with Crippen LogP contribution in [0.5, 0.6) is 0 Å². The minimum atomic E-state index is -0.944. The van der Waals surface area contributed by atoms with Crippen molar-refractivity contribution in [3.05, 3.63) is 0 Å². The second-order valence-corrected chi connectivity index (χ2v) is 5.24. The smallest absolute Gasteiger partial charge is 0.326 e. The molecular formula is C11H20N2O3S. The quantitative estimate of drug-likeness (QED) is 0.644. The van der Waals surface area contributed by atoms with E-state index in [0.29, 0.717) is 0 Å². The Morgan fingerprint density at radius 2 is 2.06 bits per heavy atom. The van der Waals surface area contributed by atoms with Gasteiger partial charge in [-0.2, -0.15) is 11.8 Å². The minimum Gasteiger partial charge on any atom is -0.480 e. The molecule has 0 aliphatic heterocycles. The summed E-state index contributed by atoms with van der Waals surface area (Å²) in [5, 5.41) is 14.3. The van der Waals surface area contributed by atoms with Crippen LogP contribution in [0.25, 0.3) is 0 Å². The fourth-order valence-electron chi connectivity index (χ4n) is 1.64. The van der Waals surface area contributed by atoms with Crippen molar-refractivity contribution in [1.29, 1.82) is 0 Å². The van der Waals surface area contributed by atoms with Crippen molar-refractivity contribution in [3.8, 4) is 0 Å². The van der Waals surface area contributed by atoms with Crippen LogP contribution >= 0.6 is 11.8 Å². The number of hydrogen-bond acceptors (Lipinski definition) is 3. The highest BCUT2D eigenvalue weighted by Crippen LogP contribution is 2.32. The SMILES string of the molecule is CCC(CSC)NC(=O)NC(C(=O)O)C1CC1.